The maximum atomic E-state index is 2.41. The molecule has 0 saturated carbocycles. The Morgan fingerprint density at radius 3 is 0.980 bits per heavy atom. The number of aryl methyl sites for hydroxylation is 3. The third-order valence-electron chi connectivity index (χ3n) is 9.25. The topological polar surface area (TPSA) is 9.72 Å². The Kier molecular flexibility index (Phi) is 9.62. The number of nitrogens with zero attached hydrogens (tertiary/aromatic N) is 3. The van der Waals surface area contributed by atoms with E-state index in [0.29, 0.717) is 0 Å². The molecule has 0 atom stereocenters. The second-order valence-corrected chi connectivity index (χ2v) is 15.5. The smallest absolute Gasteiger partial charge is 0.0464 e. The van der Waals surface area contributed by atoms with E-state index < -0.39 is 0 Å². The van der Waals surface area contributed by atoms with Crippen LogP contribution in [0.2, 0.25) is 0 Å². The molecule has 50 heavy (non-hydrogen) atoms. The lowest BCUT2D eigenvalue weighted by Crippen LogP contribution is -2.37. The molecule has 0 amide bonds. The molecule has 0 radical (unpaired) electrons. The lowest BCUT2D eigenvalue weighted by atomic mass is 9.87. The normalized spacial score (nSPS) is 11.7. The summed E-state index contributed by atoms with van der Waals surface area (Å²) < 4.78 is 0. The zero-order chi connectivity index (χ0) is 35.6. The minimum absolute atomic E-state index is 0.0486. The van der Waals surface area contributed by atoms with Crippen molar-refractivity contribution in [2.75, 3.05) is 14.7 Å². The second-order valence-electron chi connectivity index (χ2n) is 15.5. The van der Waals surface area contributed by atoms with E-state index >= 15 is 0 Å². The quantitative estimate of drug-likeness (QED) is 0.161. The summed E-state index contributed by atoms with van der Waals surface area (Å²) in [5.41, 5.74) is 14.1. The molecule has 6 aromatic rings. The zero-order valence-corrected chi connectivity index (χ0v) is 31.2. The highest BCUT2D eigenvalue weighted by molar-refractivity contribution is 5.82. The summed E-state index contributed by atoms with van der Waals surface area (Å²) in [6.07, 6.45) is 0. The Bertz CT molecular complexity index is 2010. The van der Waals surface area contributed by atoms with Gasteiger partial charge in [0.05, 0.1) is 0 Å². The molecule has 3 nitrogen and oxygen atoms in total. The van der Waals surface area contributed by atoms with Crippen LogP contribution in [0.5, 0.6) is 0 Å². The lowest BCUT2D eigenvalue weighted by Gasteiger charge is -2.38. The molecule has 6 rings (SSSR count). The van der Waals surface area contributed by atoms with Crippen LogP contribution in [0.1, 0.15) is 63.8 Å². The fourth-order valence-corrected chi connectivity index (χ4v) is 6.51. The molecule has 0 aromatic heterocycles. The third kappa shape index (κ3) is 7.63. The van der Waals surface area contributed by atoms with Crippen LogP contribution in [-0.2, 0) is 5.41 Å². The van der Waals surface area contributed by atoms with Crippen LogP contribution in [0.4, 0.5) is 45.5 Å². The van der Waals surface area contributed by atoms with Gasteiger partial charge in [0.25, 0.3) is 0 Å². The van der Waals surface area contributed by atoms with E-state index in [0.717, 1.165) is 39.8 Å². The Morgan fingerprint density at radius 2 is 0.640 bits per heavy atom. The standard InChI is InChI=1S/C47H51N3/c1-34-13-19-38(20-14-34)48(41-29-31-44(32-30-41)50(47(7,8)9)43-23-17-36(3)18-24-43)40-25-27-42(28-26-40)49(39-21-15-35(2)16-22-39)45-12-10-11-37(33-45)46(4,5)6/h10-33H,1-9H3. The van der Waals surface area contributed by atoms with Gasteiger partial charge in [-0.2, -0.15) is 0 Å². The first-order valence-electron chi connectivity index (χ1n) is 17.7. The Hall–Kier alpha value is -5.28. The van der Waals surface area contributed by atoms with Crippen molar-refractivity contribution in [2.24, 2.45) is 0 Å². The second kappa shape index (κ2) is 13.9. The summed E-state index contributed by atoms with van der Waals surface area (Å²) in [7, 11) is 0. The van der Waals surface area contributed by atoms with Gasteiger partial charge in [-0.25, -0.2) is 0 Å². The van der Waals surface area contributed by atoms with Crippen molar-refractivity contribution in [1.29, 1.82) is 0 Å². The van der Waals surface area contributed by atoms with Gasteiger partial charge in [-0.05, 0) is 150 Å². The van der Waals surface area contributed by atoms with Crippen molar-refractivity contribution in [2.45, 2.75) is 73.3 Å². The van der Waals surface area contributed by atoms with Crippen molar-refractivity contribution in [3.8, 4) is 0 Å². The van der Waals surface area contributed by atoms with Gasteiger partial charge in [0.1, 0.15) is 0 Å². The van der Waals surface area contributed by atoms with Crippen molar-refractivity contribution >= 4 is 45.5 Å². The van der Waals surface area contributed by atoms with E-state index in [9.17, 15) is 0 Å². The maximum absolute atomic E-state index is 2.41. The molecule has 0 saturated heterocycles. The van der Waals surface area contributed by atoms with Gasteiger partial charge in [-0.15, -0.1) is 0 Å². The Labute approximate surface area is 300 Å². The molecule has 0 spiro atoms. The molecule has 3 heteroatoms. The number of benzene rings is 6. The summed E-state index contributed by atoms with van der Waals surface area (Å²) >= 11 is 0. The molecule has 0 fully saturated rings. The van der Waals surface area contributed by atoms with Gasteiger partial charge in [0, 0.05) is 51.0 Å². The van der Waals surface area contributed by atoms with Gasteiger partial charge in [0.2, 0.25) is 0 Å². The summed E-state index contributed by atoms with van der Waals surface area (Å²) in [6, 6.07) is 53.3. The van der Waals surface area contributed by atoms with Gasteiger partial charge >= 0.3 is 0 Å². The first kappa shape index (κ1) is 34.6. The van der Waals surface area contributed by atoms with Crippen LogP contribution in [0.15, 0.2) is 146 Å². The monoisotopic (exact) mass is 657 g/mol. The van der Waals surface area contributed by atoms with Crippen molar-refractivity contribution in [3.63, 3.8) is 0 Å². The number of anilines is 8. The highest BCUT2D eigenvalue weighted by Gasteiger charge is 2.24. The molecule has 0 aliphatic rings. The fourth-order valence-electron chi connectivity index (χ4n) is 6.51. The summed E-state index contributed by atoms with van der Waals surface area (Å²) in [5, 5.41) is 0. The molecule has 0 N–H and O–H groups in total. The molecule has 0 unspecified atom stereocenters. The van der Waals surface area contributed by atoms with Crippen LogP contribution < -0.4 is 14.7 Å². The Balaban J connectivity index is 1.41. The van der Waals surface area contributed by atoms with Crippen molar-refractivity contribution in [3.05, 3.63) is 168 Å². The maximum Gasteiger partial charge on any atom is 0.0464 e. The molecule has 0 bridgehead atoms. The fraction of sp³-hybridized carbons (Fsp3) is 0.234. The molecular formula is C47H51N3. The zero-order valence-electron chi connectivity index (χ0n) is 31.2. The highest BCUT2D eigenvalue weighted by atomic mass is 15.2. The number of hydrogen-bond acceptors (Lipinski definition) is 3. The predicted molar refractivity (Wildman–Crippen MR) is 217 cm³/mol. The molecule has 0 aliphatic heterocycles. The molecule has 0 heterocycles. The van der Waals surface area contributed by atoms with Crippen molar-refractivity contribution in [1.82, 2.24) is 0 Å². The predicted octanol–water partition coefficient (Wildman–Crippen LogP) is 13.8. The largest absolute Gasteiger partial charge is 0.336 e. The van der Waals surface area contributed by atoms with Gasteiger partial charge in [-0.3, -0.25) is 0 Å². The number of hydrogen-bond donors (Lipinski definition) is 0. The summed E-state index contributed by atoms with van der Waals surface area (Å²) in [4.78, 5) is 7.11. The minimum Gasteiger partial charge on any atom is -0.336 e. The Morgan fingerprint density at radius 1 is 0.340 bits per heavy atom. The van der Waals surface area contributed by atoms with E-state index in [4.69, 9.17) is 0 Å². The highest BCUT2D eigenvalue weighted by Crippen LogP contribution is 2.41. The van der Waals surface area contributed by atoms with Crippen LogP contribution in [0, 0.1) is 20.8 Å². The first-order valence-corrected chi connectivity index (χ1v) is 17.7. The molecule has 0 aliphatic carbocycles. The lowest BCUT2D eigenvalue weighted by molar-refractivity contribution is 0.560. The molecule has 254 valence electrons. The number of rotatable bonds is 8. The average molecular weight is 658 g/mol. The van der Waals surface area contributed by atoms with E-state index in [2.05, 4.69) is 223 Å². The third-order valence-corrected chi connectivity index (χ3v) is 9.25. The van der Waals surface area contributed by atoms with E-state index in [-0.39, 0.29) is 11.0 Å². The minimum atomic E-state index is -0.0982. The van der Waals surface area contributed by atoms with Gasteiger partial charge < -0.3 is 14.7 Å². The van der Waals surface area contributed by atoms with Gasteiger partial charge in [-0.1, -0.05) is 86.0 Å². The first-order chi connectivity index (χ1) is 23.8. The van der Waals surface area contributed by atoms with E-state index in [1.54, 1.807) is 0 Å². The average Bonchev–Trinajstić information content (AvgIpc) is 3.08. The van der Waals surface area contributed by atoms with Gasteiger partial charge in [0.15, 0.2) is 0 Å². The van der Waals surface area contributed by atoms with Crippen LogP contribution >= 0.6 is 0 Å². The molecular weight excluding hydrogens is 607 g/mol. The van der Waals surface area contributed by atoms with E-state index in [1.807, 2.05) is 0 Å². The van der Waals surface area contributed by atoms with Crippen LogP contribution in [0.25, 0.3) is 0 Å². The SMILES string of the molecule is Cc1ccc(N(c2ccc(N(c3ccc(C)cc3)c3cccc(C(C)(C)C)c3)cc2)c2ccc(N(c3ccc(C)cc3)C(C)(C)C)cc2)cc1. The summed E-state index contributed by atoms with van der Waals surface area (Å²) in [6.45, 7) is 20.0. The van der Waals surface area contributed by atoms with Crippen molar-refractivity contribution < 1.29 is 0 Å². The van der Waals surface area contributed by atoms with Crippen LogP contribution in [-0.4, -0.2) is 5.54 Å². The summed E-state index contributed by atoms with van der Waals surface area (Å²) in [5.74, 6) is 0. The molecule has 6 aromatic carbocycles. The van der Waals surface area contributed by atoms with E-state index in [1.165, 1.54) is 27.9 Å². The van der Waals surface area contributed by atoms with Crippen LogP contribution in [0.3, 0.4) is 0 Å².